The Labute approximate surface area is 170 Å². The van der Waals surface area contributed by atoms with Crippen molar-refractivity contribution in [3.8, 4) is 0 Å². The molecule has 0 spiro atoms. The molecule has 2 heterocycles. The van der Waals surface area contributed by atoms with E-state index in [-0.39, 0.29) is 0 Å². The summed E-state index contributed by atoms with van der Waals surface area (Å²) in [5.74, 6) is 0. The van der Waals surface area contributed by atoms with Crippen LogP contribution in [-0.2, 0) is 19.3 Å². The minimum absolute atomic E-state index is 0.453. The molecule has 2 heteroatoms. The first-order valence-electron chi connectivity index (χ1n) is 10.9. The third-order valence-electron chi connectivity index (χ3n) is 6.05. The minimum atomic E-state index is 0.453. The second kappa shape index (κ2) is 10.4. The van der Waals surface area contributed by atoms with E-state index in [4.69, 9.17) is 0 Å². The molecule has 2 aromatic rings. The average Bonchev–Trinajstić information content (AvgIpc) is 3.15. The van der Waals surface area contributed by atoms with Crippen LogP contribution in [-0.4, -0.2) is 24.5 Å². The lowest BCUT2D eigenvalue weighted by atomic mass is 9.84. The number of thiophene rings is 1. The Hall–Kier alpha value is -1.12. The summed E-state index contributed by atoms with van der Waals surface area (Å²) in [6.45, 7) is 8.87. The van der Waals surface area contributed by atoms with Gasteiger partial charge in [0.2, 0.25) is 0 Å². The van der Waals surface area contributed by atoms with Crippen LogP contribution < -0.4 is 0 Å². The maximum Gasteiger partial charge on any atom is 0.00483 e. The van der Waals surface area contributed by atoms with E-state index in [0.717, 1.165) is 0 Å². The predicted molar refractivity (Wildman–Crippen MR) is 120 cm³/mol. The van der Waals surface area contributed by atoms with Crippen LogP contribution in [0.1, 0.15) is 67.7 Å². The largest absolute Gasteiger partial charge is 0.303 e. The van der Waals surface area contributed by atoms with E-state index < -0.39 is 0 Å². The molecule has 1 nitrogen and oxygen atoms in total. The van der Waals surface area contributed by atoms with Crippen molar-refractivity contribution in [2.45, 2.75) is 71.6 Å². The highest BCUT2D eigenvalue weighted by Crippen LogP contribution is 2.30. The Kier molecular flexibility index (Phi) is 7.96. The van der Waals surface area contributed by atoms with Crippen molar-refractivity contribution < 1.29 is 0 Å². The molecule has 1 fully saturated rings. The molecule has 27 heavy (non-hydrogen) atoms. The van der Waals surface area contributed by atoms with Gasteiger partial charge in [-0.05, 0) is 94.1 Å². The lowest BCUT2D eigenvalue weighted by molar-refractivity contribution is 0.184. The molecule has 1 aromatic heterocycles. The standard InChI is InChI=1S/C25H37NS/c1-25(2,18-21-26-19-7-4-8-20-26)17-16-24-15-14-23(27-24)13-9-12-22-10-5-3-6-11-22/h3,5-6,10-11,14-15H,4,7-9,12-13,16-21H2,1-2H3. The van der Waals surface area contributed by atoms with Gasteiger partial charge in [-0.3, -0.25) is 0 Å². The van der Waals surface area contributed by atoms with E-state index in [2.05, 4.69) is 61.2 Å². The van der Waals surface area contributed by atoms with Gasteiger partial charge in [0.15, 0.2) is 0 Å². The lowest BCUT2D eigenvalue weighted by Gasteiger charge is -2.31. The summed E-state index contributed by atoms with van der Waals surface area (Å²) in [4.78, 5) is 5.82. The number of hydrogen-bond donors (Lipinski definition) is 0. The number of likely N-dealkylation sites (tertiary alicyclic amines) is 1. The lowest BCUT2D eigenvalue weighted by Crippen LogP contribution is -2.33. The Balaban J connectivity index is 1.36. The van der Waals surface area contributed by atoms with Gasteiger partial charge >= 0.3 is 0 Å². The first-order valence-corrected chi connectivity index (χ1v) is 11.8. The average molecular weight is 384 g/mol. The van der Waals surface area contributed by atoms with Crippen molar-refractivity contribution in [1.29, 1.82) is 0 Å². The molecular formula is C25H37NS. The summed E-state index contributed by atoms with van der Waals surface area (Å²) in [5.41, 5.74) is 1.92. The molecule has 0 amide bonds. The van der Waals surface area contributed by atoms with Crippen LogP contribution in [0.3, 0.4) is 0 Å². The summed E-state index contributed by atoms with van der Waals surface area (Å²) >= 11 is 2.04. The first kappa shape index (κ1) is 20.6. The van der Waals surface area contributed by atoms with Gasteiger partial charge in [0, 0.05) is 9.75 Å². The van der Waals surface area contributed by atoms with Gasteiger partial charge < -0.3 is 4.90 Å². The van der Waals surface area contributed by atoms with Gasteiger partial charge in [-0.2, -0.15) is 0 Å². The van der Waals surface area contributed by atoms with E-state index in [1.165, 1.54) is 83.0 Å². The second-order valence-corrected chi connectivity index (χ2v) is 10.3. The number of aryl methyl sites for hydroxylation is 3. The summed E-state index contributed by atoms with van der Waals surface area (Å²) in [6.07, 6.45) is 11.8. The van der Waals surface area contributed by atoms with Crippen molar-refractivity contribution in [3.63, 3.8) is 0 Å². The van der Waals surface area contributed by atoms with Gasteiger partial charge in [0.05, 0.1) is 0 Å². The topological polar surface area (TPSA) is 3.24 Å². The zero-order valence-electron chi connectivity index (χ0n) is 17.4. The van der Waals surface area contributed by atoms with Crippen LogP contribution in [0.5, 0.6) is 0 Å². The third kappa shape index (κ3) is 7.43. The Morgan fingerprint density at radius 1 is 0.815 bits per heavy atom. The highest BCUT2D eigenvalue weighted by atomic mass is 32.1. The van der Waals surface area contributed by atoms with E-state index in [0.29, 0.717) is 5.41 Å². The Morgan fingerprint density at radius 2 is 1.52 bits per heavy atom. The number of benzene rings is 1. The van der Waals surface area contributed by atoms with Crippen molar-refractivity contribution >= 4 is 11.3 Å². The Bertz CT molecular complexity index is 652. The van der Waals surface area contributed by atoms with Gasteiger partial charge in [0.1, 0.15) is 0 Å². The van der Waals surface area contributed by atoms with E-state index in [9.17, 15) is 0 Å². The molecule has 1 aromatic carbocycles. The van der Waals surface area contributed by atoms with Crippen molar-refractivity contribution in [2.24, 2.45) is 5.41 Å². The molecule has 3 rings (SSSR count). The zero-order chi connectivity index (χ0) is 19.0. The fourth-order valence-corrected chi connectivity index (χ4v) is 5.09. The molecule has 148 valence electrons. The number of rotatable bonds is 10. The monoisotopic (exact) mass is 383 g/mol. The smallest absolute Gasteiger partial charge is 0.00483 e. The molecule has 1 aliphatic heterocycles. The first-order chi connectivity index (χ1) is 13.1. The SMILES string of the molecule is CC(C)(CCc1ccc(CCCc2ccccc2)s1)CCN1CCCCC1. The van der Waals surface area contributed by atoms with Gasteiger partial charge in [-0.1, -0.05) is 50.6 Å². The number of piperidine rings is 1. The van der Waals surface area contributed by atoms with Crippen LogP contribution >= 0.6 is 11.3 Å². The summed E-state index contributed by atoms with van der Waals surface area (Å²) in [6, 6.07) is 15.6. The summed E-state index contributed by atoms with van der Waals surface area (Å²) in [7, 11) is 0. The van der Waals surface area contributed by atoms with Crippen LogP contribution in [0.4, 0.5) is 0 Å². The molecule has 1 aliphatic rings. The van der Waals surface area contributed by atoms with E-state index >= 15 is 0 Å². The molecule has 0 unspecified atom stereocenters. The van der Waals surface area contributed by atoms with Crippen molar-refractivity contribution in [1.82, 2.24) is 4.90 Å². The number of hydrogen-bond acceptors (Lipinski definition) is 2. The Morgan fingerprint density at radius 3 is 2.26 bits per heavy atom. The van der Waals surface area contributed by atoms with Crippen molar-refractivity contribution in [2.75, 3.05) is 19.6 Å². The fourth-order valence-electron chi connectivity index (χ4n) is 4.03. The molecule has 0 atom stereocenters. The van der Waals surface area contributed by atoms with E-state index in [1.54, 1.807) is 9.75 Å². The van der Waals surface area contributed by atoms with Crippen molar-refractivity contribution in [3.05, 3.63) is 57.8 Å². The third-order valence-corrected chi connectivity index (χ3v) is 7.26. The molecule has 0 saturated carbocycles. The fraction of sp³-hybridized carbons (Fsp3) is 0.600. The van der Waals surface area contributed by atoms with E-state index in [1.807, 2.05) is 11.3 Å². The molecule has 0 radical (unpaired) electrons. The zero-order valence-corrected chi connectivity index (χ0v) is 18.2. The van der Waals surface area contributed by atoms with Crippen LogP contribution in [0, 0.1) is 5.41 Å². The highest BCUT2D eigenvalue weighted by molar-refractivity contribution is 7.11. The molecule has 0 bridgehead atoms. The van der Waals surface area contributed by atoms with Crippen LogP contribution in [0.25, 0.3) is 0 Å². The molecule has 1 saturated heterocycles. The molecule has 0 N–H and O–H groups in total. The quantitative estimate of drug-likeness (QED) is 0.438. The minimum Gasteiger partial charge on any atom is -0.303 e. The molecular weight excluding hydrogens is 346 g/mol. The van der Waals surface area contributed by atoms with Gasteiger partial charge in [0.25, 0.3) is 0 Å². The van der Waals surface area contributed by atoms with Gasteiger partial charge in [-0.15, -0.1) is 11.3 Å². The summed E-state index contributed by atoms with van der Waals surface area (Å²) in [5, 5.41) is 0. The maximum absolute atomic E-state index is 2.68. The van der Waals surface area contributed by atoms with Crippen LogP contribution in [0.15, 0.2) is 42.5 Å². The van der Waals surface area contributed by atoms with Crippen LogP contribution in [0.2, 0.25) is 0 Å². The maximum atomic E-state index is 2.68. The normalized spacial score (nSPS) is 15.9. The molecule has 0 aliphatic carbocycles. The predicted octanol–water partition coefficient (Wildman–Crippen LogP) is 6.76. The second-order valence-electron chi connectivity index (χ2n) is 9.02. The highest BCUT2D eigenvalue weighted by Gasteiger charge is 2.20. The summed E-state index contributed by atoms with van der Waals surface area (Å²) < 4.78 is 0. The van der Waals surface area contributed by atoms with Gasteiger partial charge in [-0.25, -0.2) is 0 Å². The number of nitrogens with zero attached hydrogens (tertiary/aromatic N) is 1.